The highest BCUT2D eigenvalue weighted by Crippen LogP contribution is 2.16. The van der Waals surface area contributed by atoms with Crippen LogP contribution in [0.25, 0.3) is 10.9 Å². The highest BCUT2D eigenvalue weighted by Gasteiger charge is 2.13. The zero-order valence-electron chi connectivity index (χ0n) is 12.7. The number of nitrogens with zero attached hydrogens (tertiary/aromatic N) is 1. The zero-order chi connectivity index (χ0) is 16.9. The SMILES string of the molecule is O=C(NCCc1ccc(F)cc1)C(=O)Nc1ccc2cn[nH]c2c1. The van der Waals surface area contributed by atoms with Gasteiger partial charge in [0.2, 0.25) is 0 Å². The first-order chi connectivity index (χ1) is 11.6. The minimum Gasteiger partial charge on any atom is -0.347 e. The van der Waals surface area contributed by atoms with E-state index in [1.54, 1.807) is 36.5 Å². The first-order valence-electron chi connectivity index (χ1n) is 7.38. The molecular weight excluding hydrogens is 311 g/mol. The number of carbonyl (C=O) groups is 2. The number of amides is 2. The van der Waals surface area contributed by atoms with Crippen LogP contribution in [0.15, 0.2) is 48.7 Å². The molecular formula is C17H15FN4O2. The van der Waals surface area contributed by atoms with Gasteiger partial charge in [-0.15, -0.1) is 0 Å². The summed E-state index contributed by atoms with van der Waals surface area (Å²) in [6.07, 6.45) is 2.18. The van der Waals surface area contributed by atoms with Gasteiger partial charge in [0, 0.05) is 17.6 Å². The molecule has 0 saturated heterocycles. The van der Waals surface area contributed by atoms with Crippen LogP contribution in [0.4, 0.5) is 10.1 Å². The lowest BCUT2D eigenvalue weighted by molar-refractivity contribution is -0.136. The molecule has 1 aromatic heterocycles. The predicted octanol–water partition coefficient (Wildman–Crippen LogP) is 2.00. The summed E-state index contributed by atoms with van der Waals surface area (Å²) >= 11 is 0. The molecule has 0 spiro atoms. The molecule has 0 bridgehead atoms. The quantitative estimate of drug-likeness (QED) is 0.641. The molecule has 0 atom stereocenters. The van der Waals surface area contributed by atoms with Crippen LogP contribution in [-0.2, 0) is 16.0 Å². The minimum atomic E-state index is -0.743. The Morgan fingerprint density at radius 3 is 2.67 bits per heavy atom. The van der Waals surface area contributed by atoms with E-state index in [2.05, 4.69) is 20.8 Å². The molecule has 0 saturated carbocycles. The van der Waals surface area contributed by atoms with Gasteiger partial charge in [-0.3, -0.25) is 14.7 Å². The number of anilines is 1. The van der Waals surface area contributed by atoms with Crippen LogP contribution in [0, 0.1) is 5.82 Å². The van der Waals surface area contributed by atoms with Crippen molar-refractivity contribution in [2.45, 2.75) is 6.42 Å². The second-order valence-electron chi connectivity index (χ2n) is 5.26. The normalized spacial score (nSPS) is 10.5. The van der Waals surface area contributed by atoms with Crippen molar-refractivity contribution in [2.24, 2.45) is 0 Å². The lowest BCUT2D eigenvalue weighted by atomic mass is 10.1. The number of aromatic nitrogens is 2. The fourth-order valence-corrected chi connectivity index (χ4v) is 2.25. The van der Waals surface area contributed by atoms with Gasteiger partial charge in [0.25, 0.3) is 0 Å². The maximum absolute atomic E-state index is 12.8. The van der Waals surface area contributed by atoms with E-state index in [9.17, 15) is 14.0 Å². The number of hydrogen-bond acceptors (Lipinski definition) is 3. The van der Waals surface area contributed by atoms with Crippen molar-refractivity contribution >= 4 is 28.4 Å². The van der Waals surface area contributed by atoms with Crippen molar-refractivity contribution in [1.29, 1.82) is 0 Å². The van der Waals surface area contributed by atoms with Gasteiger partial charge in [-0.1, -0.05) is 12.1 Å². The maximum Gasteiger partial charge on any atom is 0.313 e. The van der Waals surface area contributed by atoms with Gasteiger partial charge in [-0.25, -0.2) is 4.39 Å². The third-order valence-electron chi connectivity index (χ3n) is 3.52. The van der Waals surface area contributed by atoms with E-state index >= 15 is 0 Å². The summed E-state index contributed by atoms with van der Waals surface area (Å²) in [7, 11) is 0. The summed E-state index contributed by atoms with van der Waals surface area (Å²) in [5.74, 6) is -1.77. The summed E-state index contributed by atoms with van der Waals surface area (Å²) in [6, 6.07) is 11.2. The standard InChI is InChI=1S/C17H15FN4O2/c18-13-4-1-11(2-5-13)7-8-19-16(23)17(24)21-14-6-3-12-10-20-22-15(12)9-14/h1-6,9-10H,7-8H2,(H,19,23)(H,20,22)(H,21,24). The second-order valence-corrected chi connectivity index (χ2v) is 5.26. The van der Waals surface area contributed by atoms with Crippen LogP contribution in [0.5, 0.6) is 0 Å². The van der Waals surface area contributed by atoms with Crippen LogP contribution >= 0.6 is 0 Å². The van der Waals surface area contributed by atoms with Crippen molar-refractivity contribution in [3.05, 3.63) is 60.0 Å². The van der Waals surface area contributed by atoms with Crippen molar-refractivity contribution < 1.29 is 14.0 Å². The highest BCUT2D eigenvalue weighted by molar-refractivity contribution is 6.39. The van der Waals surface area contributed by atoms with Gasteiger partial charge >= 0.3 is 11.8 Å². The molecule has 2 aromatic carbocycles. The average Bonchev–Trinajstić information content (AvgIpc) is 3.04. The molecule has 0 fully saturated rings. The van der Waals surface area contributed by atoms with Crippen molar-refractivity contribution in [3.63, 3.8) is 0 Å². The first-order valence-corrected chi connectivity index (χ1v) is 7.38. The largest absolute Gasteiger partial charge is 0.347 e. The Hall–Kier alpha value is -3.22. The number of carbonyl (C=O) groups excluding carboxylic acids is 2. The van der Waals surface area contributed by atoms with Crippen LogP contribution in [0.1, 0.15) is 5.56 Å². The van der Waals surface area contributed by atoms with E-state index in [4.69, 9.17) is 0 Å². The van der Waals surface area contributed by atoms with Gasteiger partial charge in [-0.05, 0) is 42.3 Å². The number of fused-ring (bicyclic) bond motifs is 1. The summed E-state index contributed by atoms with van der Waals surface area (Å²) < 4.78 is 12.8. The predicted molar refractivity (Wildman–Crippen MR) is 87.8 cm³/mol. The van der Waals surface area contributed by atoms with Gasteiger partial charge < -0.3 is 10.6 Å². The molecule has 0 aliphatic carbocycles. The number of hydrogen-bond donors (Lipinski definition) is 3. The fraction of sp³-hybridized carbons (Fsp3) is 0.118. The molecule has 3 N–H and O–H groups in total. The van der Waals surface area contributed by atoms with Crippen LogP contribution in [0.2, 0.25) is 0 Å². The maximum atomic E-state index is 12.8. The molecule has 1 heterocycles. The fourth-order valence-electron chi connectivity index (χ4n) is 2.25. The molecule has 3 rings (SSSR count). The van der Waals surface area contributed by atoms with Gasteiger partial charge in [-0.2, -0.15) is 5.10 Å². The van der Waals surface area contributed by atoms with E-state index in [0.29, 0.717) is 12.1 Å². The summed E-state index contributed by atoms with van der Waals surface area (Å²) in [4.78, 5) is 23.7. The third kappa shape index (κ3) is 3.75. The lowest BCUT2D eigenvalue weighted by Gasteiger charge is -2.07. The van der Waals surface area contributed by atoms with Gasteiger partial charge in [0.15, 0.2) is 0 Å². The smallest absolute Gasteiger partial charge is 0.313 e. The average molecular weight is 326 g/mol. The molecule has 0 aliphatic heterocycles. The number of H-pyrrole nitrogens is 1. The topological polar surface area (TPSA) is 86.9 Å². The molecule has 7 heteroatoms. The first kappa shape index (κ1) is 15.7. The minimum absolute atomic E-state index is 0.289. The molecule has 0 radical (unpaired) electrons. The molecule has 0 unspecified atom stereocenters. The zero-order valence-corrected chi connectivity index (χ0v) is 12.7. The third-order valence-corrected chi connectivity index (χ3v) is 3.52. The number of benzene rings is 2. The summed E-state index contributed by atoms with van der Waals surface area (Å²) in [5.41, 5.74) is 2.15. The number of aromatic amines is 1. The Labute approximate surface area is 137 Å². The Kier molecular flexibility index (Phi) is 4.51. The Bertz CT molecular complexity index is 874. The monoisotopic (exact) mass is 326 g/mol. The van der Waals surface area contributed by atoms with Crippen LogP contribution < -0.4 is 10.6 Å². The number of halogens is 1. The van der Waals surface area contributed by atoms with E-state index < -0.39 is 11.8 Å². The van der Waals surface area contributed by atoms with Crippen LogP contribution in [0.3, 0.4) is 0 Å². The lowest BCUT2D eigenvalue weighted by Crippen LogP contribution is -2.36. The van der Waals surface area contributed by atoms with Crippen LogP contribution in [-0.4, -0.2) is 28.6 Å². The van der Waals surface area contributed by atoms with Crippen molar-refractivity contribution in [3.8, 4) is 0 Å². The van der Waals surface area contributed by atoms with Crippen molar-refractivity contribution in [1.82, 2.24) is 15.5 Å². The molecule has 3 aromatic rings. The Morgan fingerprint density at radius 1 is 1.08 bits per heavy atom. The van der Waals surface area contributed by atoms with Gasteiger partial charge in [0.05, 0.1) is 11.7 Å². The number of rotatable bonds is 4. The Morgan fingerprint density at radius 2 is 1.88 bits per heavy atom. The van der Waals surface area contributed by atoms with Crippen molar-refractivity contribution in [2.75, 3.05) is 11.9 Å². The van der Waals surface area contributed by atoms with E-state index in [1.165, 1.54) is 12.1 Å². The molecule has 122 valence electrons. The highest BCUT2D eigenvalue weighted by atomic mass is 19.1. The second kappa shape index (κ2) is 6.91. The van der Waals surface area contributed by atoms with Gasteiger partial charge in [0.1, 0.15) is 5.82 Å². The summed E-state index contributed by atoms with van der Waals surface area (Å²) in [6.45, 7) is 0.289. The van der Waals surface area contributed by atoms with E-state index in [0.717, 1.165) is 16.5 Å². The van der Waals surface area contributed by atoms with E-state index in [1.807, 2.05) is 0 Å². The molecule has 24 heavy (non-hydrogen) atoms. The number of nitrogens with one attached hydrogen (secondary N) is 3. The Balaban J connectivity index is 1.50. The molecule has 6 nitrogen and oxygen atoms in total. The molecule has 2 amide bonds. The summed E-state index contributed by atoms with van der Waals surface area (Å²) in [5, 5.41) is 12.7. The van der Waals surface area contributed by atoms with E-state index in [-0.39, 0.29) is 12.4 Å². The molecule has 0 aliphatic rings.